The number of rotatable bonds is 6. The number of carbonyl (C=O) groups excluding carboxylic acids is 1. The standard InChI is InChI=1S/C26H25N3O3S/c1-4-31-21-7-5-6-19(15-21)25(30)29-26(33)27-20-10-8-18(9-11-20)14-23-28-22-13-16(2)12-17(3)24(22)32-23/h5-13,15H,4,14H2,1-3H3,(H2,27,29,30,33). The second-order valence-electron chi connectivity index (χ2n) is 7.78. The molecular formula is C26H25N3O3S. The summed E-state index contributed by atoms with van der Waals surface area (Å²) in [4.78, 5) is 17.1. The number of anilines is 1. The highest BCUT2D eigenvalue weighted by Gasteiger charge is 2.11. The van der Waals surface area contributed by atoms with Gasteiger partial charge in [-0.1, -0.05) is 24.3 Å². The van der Waals surface area contributed by atoms with Gasteiger partial charge in [-0.15, -0.1) is 0 Å². The van der Waals surface area contributed by atoms with Crippen molar-refractivity contribution in [2.75, 3.05) is 11.9 Å². The zero-order chi connectivity index (χ0) is 23.4. The van der Waals surface area contributed by atoms with Crippen LogP contribution >= 0.6 is 12.2 Å². The third kappa shape index (κ3) is 5.56. The number of aryl methyl sites for hydroxylation is 2. The summed E-state index contributed by atoms with van der Waals surface area (Å²) in [6.45, 7) is 6.51. The molecule has 3 aromatic carbocycles. The average molecular weight is 460 g/mol. The minimum atomic E-state index is -0.299. The number of thiocarbonyl (C=S) groups is 1. The summed E-state index contributed by atoms with van der Waals surface area (Å²) in [7, 11) is 0. The van der Waals surface area contributed by atoms with Crippen LogP contribution in [0.3, 0.4) is 0 Å². The molecule has 0 spiro atoms. The summed E-state index contributed by atoms with van der Waals surface area (Å²) in [6.07, 6.45) is 0.588. The van der Waals surface area contributed by atoms with Gasteiger partial charge in [0.25, 0.3) is 5.91 Å². The van der Waals surface area contributed by atoms with E-state index < -0.39 is 0 Å². The van der Waals surface area contributed by atoms with Crippen molar-refractivity contribution in [2.45, 2.75) is 27.2 Å². The molecule has 0 saturated heterocycles. The summed E-state index contributed by atoms with van der Waals surface area (Å²) in [5.74, 6) is 1.02. The van der Waals surface area contributed by atoms with Crippen LogP contribution in [0.25, 0.3) is 11.1 Å². The predicted octanol–water partition coefficient (Wildman–Crippen LogP) is 5.56. The van der Waals surface area contributed by atoms with Gasteiger partial charge in [-0.05, 0) is 86.1 Å². The zero-order valence-electron chi connectivity index (χ0n) is 18.8. The number of ether oxygens (including phenoxy) is 1. The number of hydrogen-bond acceptors (Lipinski definition) is 5. The zero-order valence-corrected chi connectivity index (χ0v) is 19.6. The van der Waals surface area contributed by atoms with Crippen molar-refractivity contribution in [1.29, 1.82) is 0 Å². The van der Waals surface area contributed by atoms with Crippen LogP contribution in [0.1, 0.15) is 39.9 Å². The first-order valence-corrected chi connectivity index (χ1v) is 11.1. The summed E-state index contributed by atoms with van der Waals surface area (Å²) < 4.78 is 11.4. The van der Waals surface area contributed by atoms with Crippen LogP contribution in [0.15, 0.2) is 65.1 Å². The summed E-state index contributed by atoms with van der Waals surface area (Å²) >= 11 is 5.29. The van der Waals surface area contributed by atoms with Gasteiger partial charge in [-0.3, -0.25) is 10.1 Å². The fraction of sp³-hybridized carbons (Fsp3) is 0.192. The largest absolute Gasteiger partial charge is 0.494 e. The topological polar surface area (TPSA) is 76.4 Å². The summed E-state index contributed by atoms with van der Waals surface area (Å²) in [6, 6.07) is 18.9. The first-order valence-electron chi connectivity index (χ1n) is 10.7. The van der Waals surface area contributed by atoms with Crippen molar-refractivity contribution >= 4 is 40.0 Å². The molecule has 1 amide bonds. The van der Waals surface area contributed by atoms with Gasteiger partial charge < -0.3 is 14.5 Å². The fourth-order valence-electron chi connectivity index (χ4n) is 3.61. The fourth-order valence-corrected chi connectivity index (χ4v) is 3.82. The highest BCUT2D eigenvalue weighted by atomic mass is 32.1. The molecule has 0 saturated carbocycles. The minimum absolute atomic E-state index is 0.222. The van der Waals surface area contributed by atoms with Crippen molar-refractivity contribution in [3.05, 3.63) is 88.8 Å². The van der Waals surface area contributed by atoms with E-state index >= 15 is 0 Å². The molecule has 0 atom stereocenters. The third-order valence-corrected chi connectivity index (χ3v) is 5.27. The molecule has 0 aliphatic carbocycles. The summed E-state index contributed by atoms with van der Waals surface area (Å²) in [5, 5.41) is 5.95. The molecule has 6 nitrogen and oxygen atoms in total. The van der Waals surface area contributed by atoms with E-state index in [9.17, 15) is 4.79 Å². The van der Waals surface area contributed by atoms with Gasteiger partial charge in [0.2, 0.25) is 0 Å². The quantitative estimate of drug-likeness (QED) is 0.368. The van der Waals surface area contributed by atoms with Crippen molar-refractivity contribution in [3.63, 3.8) is 0 Å². The lowest BCUT2D eigenvalue weighted by atomic mass is 10.1. The van der Waals surface area contributed by atoms with Crippen LogP contribution in [0.2, 0.25) is 0 Å². The van der Waals surface area contributed by atoms with E-state index in [2.05, 4.69) is 28.6 Å². The van der Waals surface area contributed by atoms with Crippen molar-refractivity contribution < 1.29 is 13.9 Å². The molecule has 7 heteroatoms. The van der Waals surface area contributed by atoms with E-state index in [1.54, 1.807) is 18.2 Å². The number of nitrogens with one attached hydrogen (secondary N) is 2. The maximum atomic E-state index is 12.5. The number of benzene rings is 3. The van der Waals surface area contributed by atoms with Crippen LogP contribution in [-0.4, -0.2) is 22.6 Å². The number of nitrogens with zero attached hydrogens (tertiary/aromatic N) is 1. The van der Waals surface area contributed by atoms with Gasteiger partial charge in [0.15, 0.2) is 16.6 Å². The lowest BCUT2D eigenvalue weighted by Gasteiger charge is -2.11. The van der Waals surface area contributed by atoms with Gasteiger partial charge in [0, 0.05) is 17.7 Å². The van der Waals surface area contributed by atoms with Gasteiger partial charge in [0.05, 0.1) is 6.61 Å². The smallest absolute Gasteiger partial charge is 0.257 e. The number of carbonyl (C=O) groups is 1. The van der Waals surface area contributed by atoms with E-state index in [-0.39, 0.29) is 11.0 Å². The van der Waals surface area contributed by atoms with Gasteiger partial charge in [0.1, 0.15) is 11.3 Å². The molecule has 0 bridgehead atoms. The van der Waals surface area contributed by atoms with Gasteiger partial charge in [-0.2, -0.15) is 0 Å². The van der Waals surface area contributed by atoms with Crippen molar-refractivity contribution in [1.82, 2.24) is 10.3 Å². The molecule has 168 valence electrons. The van der Waals surface area contributed by atoms with E-state index in [1.807, 2.05) is 50.2 Å². The molecule has 0 unspecified atom stereocenters. The molecule has 1 heterocycles. The second-order valence-corrected chi connectivity index (χ2v) is 8.19. The number of oxazole rings is 1. The lowest BCUT2D eigenvalue weighted by Crippen LogP contribution is -2.34. The third-order valence-electron chi connectivity index (χ3n) is 5.07. The highest BCUT2D eigenvalue weighted by molar-refractivity contribution is 7.80. The molecule has 0 fully saturated rings. The van der Waals surface area contributed by atoms with Crippen molar-refractivity contribution in [2.24, 2.45) is 0 Å². The number of fused-ring (bicyclic) bond motifs is 1. The number of hydrogen-bond donors (Lipinski definition) is 2. The van der Waals surface area contributed by atoms with E-state index in [4.69, 9.17) is 21.4 Å². The summed E-state index contributed by atoms with van der Waals surface area (Å²) in [5.41, 5.74) is 6.28. The molecule has 2 N–H and O–H groups in total. The SMILES string of the molecule is CCOc1cccc(C(=O)NC(=S)Nc2ccc(Cc3nc4cc(C)cc(C)c4o3)cc2)c1. The van der Waals surface area contributed by atoms with Gasteiger partial charge >= 0.3 is 0 Å². The lowest BCUT2D eigenvalue weighted by molar-refractivity contribution is 0.0977. The Morgan fingerprint density at radius 3 is 2.64 bits per heavy atom. The van der Waals surface area contributed by atoms with Gasteiger partial charge in [-0.25, -0.2) is 4.98 Å². The highest BCUT2D eigenvalue weighted by Crippen LogP contribution is 2.23. The first-order chi connectivity index (χ1) is 15.9. The molecule has 33 heavy (non-hydrogen) atoms. The number of aromatic nitrogens is 1. The normalized spacial score (nSPS) is 10.8. The molecule has 0 aliphatic rings. The van der Waals surface area contributed by atoms with Crippen LogP contribution in [-0.2, 0) is 6.42 Å². The van der Waals surface area contributed by atoms with Crippen LogP contribution in [0.4, 0.5) is 5.69 Å². The molecule has 0 aliphatic heterocycles. The van der Waals surface area contributed by atoms with E-state index in [1.165, 1.54) is 5.56 Å². The van der Waals surface area contributed by atoms with Crippen LogP contribution in [0, 0.1) is 13.8 Å². The minimum Gasteiger partial charge on any atom is -0.494 e. The Labute approximate surface area is 198 Å². The Morgan fingerprint density at radius 1 is 1.09 bits per heavy atom. The molecule has 4 rings (SSSR count). The Bertz CT molecular complexity index is 1310. The Hall–Kier alpha value is -3.71. The molecule has 0 radical (unpaired) electrons. The van der Waals surface area contributed by atoms with E-state index in [0.29, 0.717) is 30.2 Å². The Kier molecular flexibility index (Phi) is 6.70. The second kappa shape index (κ2) is 9.83. The maximum Gasteiger partial charge on any atom is 0.257 e. The molecule has 4 aromatic rings. The average Bonchev–Trinajstić information content (AvgIpc) is 3.18. The monoisotopic (exact) mass is 459 g/mol. The molecule has 1 aromatic heterocycles. The Morgan fingerprint density at radius 2 is 1.88 bits per heavy atom. The maximum absolute atomic E-state index is 12.5. The number of amides is 1. The molecular weight excluding hydrogens is 434 g/mol. The van der Waals surface area contributed by atoms with Crippen molar-refractivity contribution in [3.8, 4) is 5.75 Å². The first kappa shape index (κ1) is 22.5. The van der Waals surface area contributed by atoms with Crippen LogP contribution in [0.5, 0.6) is 5.75 Å². The van der Waals surface area contributed by atoms with E-state index in [0.717, 1.165) is 27.9 Å². The van der Waals surface area contributed by atoms with Crippen LogP contribution < -0.4 is 15.4 Å². The Balaban J connectivity index is 1.36. The predicted molar refractivity (Wildman–Crippen MR) is 134 cm³/mol.